The number of hydrogen-bond acceptors (Lipinski definition) is 2. The van der Waals surface area contributed by atoms with Crippen molar-refractivity contribution in [2.75, 3.05) is 0 Å². The second kappa shape index (κ2) is 11.6. The van der Waals surface area contributed by atoms with Gasteiger partial charge in [-0.2, -0.15) is 0 Å². The first-order valence-electron chi connectivity index (χ1n) is 10.0. The number of carbonyl (C=O) groups is 2. The molecule has 0 spiro atoms. The van der Waals surface area contributed by atoms with Crippen LogP contribution in [-0.4, -0.2) is 28.8 Å². The van der Waals surface area contributed by atoms with Crippen molar-refractivity contribution >= 4 is 46.6 Å². The summed E-state index contributed by atoms with van der Waals surface area (Å²) in [4.78, 5) is 27.8. The molecule has 2 aromatic carbocycles. The van der Waals surface area contributed by atoms with Crippen molar-refractivity contribution in [3.63, 3.8) is 0 Å². The first kappa shape index (κ1) is 24.5. The van der Waals surface area contributed by atoms with Crippen LogP contribution in [0.2, 0.25) is 15.1 Å². The van der Waals surface area contributed by atoms with Crippen LogP contribution in [0.25, 0.3) is 0 Å². The molecule has 30 heavy (non-hydrogen) atoms. The molecule has 0 unspecified atom stereocenters. The van der Waals surface area contributed by atoms with E-state index in [0.717, 1.165) is 17.5 Å². The molecule has 2 aromatic rings. The van der Waals surface area contributed by atoms with Crippen LogP contribution < -0.4 is 5.32 Å². The van der Waals surface area contributed by atoms with Crippen LogP contribution in [0.1, 0.15) is 44.7 Å². The number of hydrogen-bond donors (Lipinski definition) is 1. The summed E-state index contributed by atoms with van der Waals surface area (Å²) in [5.41, 5.74) is 1.56. The number of nitrogens with one attached hydrogen (secondary N) is 1. The molecule has 0 aliphatic rings. The Labute approximate surface area is 193 Å². The first-order valence-corrected chi connectivity index (χ1v) is 11.2. The quantitative estimate of drug-likeness (QED) is 0.496. The molecule has 2 atom stereocenters. The van der Waals surface area contributed by atoms with Crippen molar-refractivity contribution in [1.29, 1.82) is 0 Å². The summed E-state index contributed by atoms with van der Waals surface area (Å²) in [7, 11) is 0. The Bertz CT molecular complexity index is 871. The van der Waals surface area contributed by atoms with Gasteiger partial charge in [0.2, 0.25) is 11.8 Å². The Morgan fingerprint density at radius 2 is 1.60 bits per heavy atom. The molecule has 0 aliphatic carbocycles. The second-order valence-electron chi connectivity index (χ2n) is 7.30. The number of benzene rings is 2. The highest BCUT2D eigenvalue weighted by Gasteiger charge is 2.29. The van der Waals surface area contributed by atoms with E-state index in [1.807, 2.05) is 32.9 Å². The normalized spacial score (nSPS) is 12.9. The predicted molar refractivity (Wildman–Crippen MR) is 124 cm³/mol. The summed E-state index contributed by atoms with van der Waals surface area (Å²) in [6, 6.07) is 11.7. The van der Waals surface area contributed by atoms with Crippen LogP contribution in [0.4, 0.5) is 0 Å². The Hall–Kier alpha value is -1.75. The van der Waals surface area contributed by atoms with Crippen LogP contribution in [0, 0.1) is 0 Å². The lowest BCUT2D eigenvalue weighted by molar-refractivity contribution is -0.141. The number of nitrogens with zero attached hydrogens (tertiary/aromatic N) is 1. The van der Waals surface area contributed by atoms with E-state index in [-0.39, 0.29) is 30.8 Å². The Kier molecular flexibility index (Phi) is 9.47. The highest BCUT2D eigenvalue weighted by molar-refractivity contribution is 6.35. The first-order chi connectivity index (χ1) is 14.2. The molecule has 0 saturated heterocycles. The van der Waals surface area contributed by atoms with Gasteiger partial charge in [0.1, 0.15) is 6.04 Å². The van der Waals surface area contributed by atoms with Crippen molar-refractivity contribution in [1.82, 2.24) is 10.2 Å². The third-order valence-electron chi connectivity index (χ3n) is 5.01. The van der Waals surface area contributed by atoms with Gasteiger partial charge >= 0.3 is 0 Å². The van der Waals surface area contributed by atoms with E-state index >= 15 is 0 Å². The molecule has 2 rings (SSSR count). The predicted octanol–water partition coefficient (Wildman–Crippen LogP) is 5.91. The van der Waals surface area contributed by atoms with Gasteiger partial charge < -0.3 is 10.2 Å². The van der Waals surface area contributed by atoms with E-state index in [2.05, 4.69) is 5.32 Å². The maximum atomic E-state index is 13.3. The van der Waals surface area contributed by atoms with E-state index in [4.69, 9.17) is 34.8 Å². The molecule has 0 fully saturated rings. The van der Waals surface area contributed by atoms with Crippen molar-refractivity contribution in [2.24, 2.45) is 0 Å². The standard InChI is InChI=1S/C23H27Cl3N2O2/c1-4-15(3)27-23(30)21(5-2)28(14-17-8-11-19(25)13-20(17)26)22(29)12-16-6-9-18(24)10-7-16/h6-11,13,15,21H,4-5,12,14H2,1-3H3,(H,27,30)/t15-,21-/m1/s1. The zero-order chi connectivity index (χ0) is 22.3. The minimum atomic E-state index is -0.606. The van der Waals surface area contributed by atoms with Gasteiger partial charge in [-0.15, -0.1) is 0 Å². The molecule has 0 aromatic heterocycles. The summed E-state index contributed by atoms with van der Waals surface area (Å²) in [5, 5.41) is 4.58. The van der Waals surface area contributed by atoms with E-state index < -0.39 is 6.04 Å². The van der Waals surface area contributed by atoms with Gasteiger partial charge in [-0.25, -0.2) is 0 Å². The summed E-state index contributed by atoms with van der Waals surface area (Å²) in [6.07, 6.45) is 1.46. The van der Waals surface area contributed by atoms with E-state index in [9.17, 15) is 9.59 Å². The van der Waals surface area contributed by atoms with E-state index in [0.29, 0.717) is 21.5 Å². The van der Waals surface area contributed by atoms with Crippen molar-refractivity contribution in [3.05, 3.63) is 68.7 Å². The minimum Gasteiger partial charge on any atom is -0.352 e. The third kappa shape index (κ3) is 6.90. The fraction of sp³-hybridized carbons (Fsp3) is 0.391. The summed E-state index contributed by atoms with van der Waals surface area (Å²) in [5.74, 6) is -0.323. The van der Waals surface area contributed by atoms with Gasteiger partial charge in [0.05, 0.1) is 6.42 Å². The summed E-state index contributed by atoms with van der Waals surface area (Å²) >= 11 is 18.3. The van der Waals surface area contributed by atoms with Gasteiger partial charge in [-0.05, 0) is 55.2 Å². The molecule has 4 nitrogen and oxygen atoms in total. The zero-order valence-electron chi connectivity index (χ0n) is 17.4. The molecule has 0 saturated carbocycles. The van der Waals surface area contributed by atoms with Crippen LogP contribution >= 0.6 is 34.8 Å². The lowest BCUT2D eigenvalue weighted by Gasteiger charge is -2.32. The SMILES string of the molecule is CC[C@@H](C)NC(=O)[C@@H](CC)N(Cc1ccc(Cl)cc1Cl)C(=O)Cc1ccc(Cl)cc1. The minimum absolute atomic E-state index is 0.0267. The molecule has 2 amide bonds. The molecular weight excluding hydrogens is 443 g/mol. The van der Waals surface area contributed by atoms with E-state index in [1.54, 1.807) is 35.2 Å². The van der Waals surface area contributed by atoms with Gasteiger partial charge in [-0.3, -0.25) is 9.59 Å². The largest absolute Gasteiger partial charge is 0.352 e. The fourth-order valence-electron chi connectivity index (χ4n) is 3.07. The molecular formula is C23H27Cl3N2O2. The van der Waals surface area contributed by atoms with Gasteiger partial charge in [0.15, 0.2) is 0 Å². The van der Waals surface area contributed by atoms with Crippen LogP contribution in [0.3, 0.4) is 0 Å². The molecule has 0 bridgehead atoms. The fourth-order valence-corrected chi connectivity index (χ4v) is 3.67. The van der Waals surface area contributed by atoms with Gasteiger partial charge in [0.25, 0.3) is 0 Å². The molecule has 1 N–H and O–H groups in total. The lowest BCUT2D eigenvalue weighted by atomic mass is 10.1. The molecule has 162 valence electrons. The average molecular weight is 470 g/mol. The summed E-state index contributed by atoms with van der Waals surface area (Å²) < 4.78 is 0. The maximum Gasteiger partial charge on any atom is 0.243 e. The highest BCUT2D eigenvalue weighted by Crippen LogP contribution is 2.24. The van der Waals surface area contributed by atoms with Crippen molar-refractivity contribution in [2.45, 2.75) is 58.7 Å². The lowest BCUT2D eigenvalue weighted by Crippen LogP contribution is -2.51. The van der Waals surface area contributed by atoms with E-state index in [1.165, 1.54) is 0 Å². The molecule has 0 aliphatic heterocycles. The number of amides is 2. The number of rotatable bonds is 9. The summed E-state index contributed by atoms with van der Waals surface area (Å²) in [6.45, 7) is 6.06. The van der Waals surface area contributed by atoms with Crippen LogP contribution in [-0.2, 0) is 22.6 Å². The zero-order valence-corrected chi connectivity index (χ0v) is 19.7. The van der Waals surface area contributed by atoms with Gasteiger partial charge in [-0.1, -0.05) is 66.8 Å². The Morgan fingerprint density at radius 1 is 0.967 bits per heavy atom. The van der Waals surface area contributed by atoms with Crippen LogP contribution in [0.5, 0.6) is 0 Å². The number of carbonyl (C=O) groups excluding carboxylic acids is 2. The topological polar surface area (TPSA) is 49.4 Å². The van der Waals surface area contributed by atoms with Crippen LogP contribution in [0.15, 0.2) is 42.5 Å². The second-order valence-corrected chi connectivity index (χ2v) is 8.58. The van der Waals surface area contributed by atoms with Crippen molar-refractivity contribution < 1.29 is 9.59 Å². The highest BCUT2D eigenvalue weighted by atomic mass is 35.5. The smallest absolute Gasteiger partial charge is 0.243 e. The van der Waals surface area contributed by atoms with Crippen molar-refractivity contribution in [3.8, 4) is 0 Å². The monoisotopic (exact) mass is 468 g/mol. The molecule has 0 heterocycles. The van der Waals surface area contributed by atoms with Gasteiger partial charge in [0, 0.05) is 27.7 Å². The average Bonchev–Trinajstić information content (AvgIpc) is 2.70. The number of halogens is 3. The maximum absolute atomic E-state index is 13.3. The molecule has 0 radical (unpaired) electrons. The third-order valence-corrected chi connectivity index (χ3v) is 5.85. The Morgan fingerprint density at radius 3 is 2.17 bits per heavy atom. The Balaban J connectivity index is 2.32. The molecule has 7 heteroatoms.